The van der Waals surface area contributed by atoms with Crippen LogP contribution in [0, 0.1) is 0 Å². The van der Waals surface area contributed by atoms with Crippen LogP contribution >= 0.6 is 0 Å². The molecule has 0 aliphatic rings. The van der Waals surface area contributed by atoms with Gasteiger partial charge in [-0.25, -0.2) is 0 Å². The van der Waals surface area contributed by atoms with Crippen LogP contribution in [0.15, 0.2) is 48.8 Å². The summed E-state index contributed by atoms with van der Waals surface area (Å²) in [5.41, 5.74) is 0.721. The Hall–Kier alpha value is -3.02. The number of carbonyl (C=O) groups excluding carboxylic acids is 2. The van der Waals surface area contributed by atoms with E-state index in [-0.39, 0.29) is 11.5 Å². The average molecular weight is 298 g/mol. The molecule has 112 valence electrons. The molecule has 0 bridgehead atoms. The molecule has 0 amide bonds. The van der Waals surface area contributed by atoms with Gasteiger partial charge in [0.1, 0.15) is 11.4 Å². The average Bonchev–Trinajstić information content (AvgIpc) is 2.52. The highest BCUT2D eigenvalue weighted by Gasteiger charge is 2.20. The number of rotatable bonds is 4. The van der Waals surface area contributed by atoms with Gasteiger partial charge in [-0.1, -0.05) is 12.1 Å². The van der Waals surface area contributed by atoms with Crippen molar-refractivity contribution in [2.75, 3.05) is 0 Å². The Bertz CT molecular complexity index is 635. The Morgan fingerprint density at radius 1 is 0.773 bits per heavy atom. The normalized spacial score (nSPS) is 11.4. The zero-order valence-corrected chi connectivity index (χ0v) is 12.1. The SMILES string of the molecule is CC(=O)OC(=C(OC(C)=O)c1ccccn1)c1ccccn1. The van der Waals surface area contributed by atoms with E-state index in [1.807, 2.05) is 0 Å². The molecule has 0 aromatic carbocycles. The first-order valence-corrected chi connectivity index (χ1v) is 6.52. The number of ether oxygens (including phenoxy) is 2. The third kappa shape index (κ3) is 3.99. The molecule has 2 aromatic rings. The minimum absolute atomic E-state index is 0.0435. The van der Waals surface area contributed by atoms with Crippen molar-refractivity contribution in [1.82, 2.24) is 9.97 Å². The highest BCUT2D eigenvalue weighted by Crippen LogP contribution is 2.26. The Kier molecular flexibility index (Phi) is 4.98. The van der Waals surface area contributed by atoms with E-state index in [1.165, 1.54) is 13.8 Å². The molecule has 0 atom stereocenters. The van der Waals surface area contributed by atoms with Gasteiger partial charge in [-0.2, -0.15) is 0 Å². The first-order valence-electron chi connectivity index (χ1n) is 6.52. The minimum atomic E-state index is -0.554. The Morgan fingerprint density at radius 3 is 1.45 bits per heavy atom. The summed E-state index contributed by atoms with van der Waals surface area (Å²) in [6.45, 7) is 2.51. The van der Waals surface area contributed by atoms with Crippen LogP contribution < -0.4 is 0 Å². The molecule has 2 aromatic heterocycles. The van der Waals surface area contributed by atoms with Crippen molar-refractivity contribution in [3.63, 3.8) is 0 Å². The second-order valence-electron chi connectivity index (χ2n) is 4.28. The van der Waals surface area contributed by atoms with E-state index in [9.17, 15) is 9.59 Å². The molecule has 22 heavy (non-hydrogen) atoms. The maximum Gasteiger partial charge on any atom is 0.308 e. The molecule has 0 spiro atoms. The van der Waals surface area contributed by atoms with Crippen molar-refractivity contribution in [3.8, 4) is 0 Å². The van der Waals surface area contributed by atoms with Gasteiger partial charge in [-0.05, 0) is 24.3 Å². The zero-order valence-electron chi connectivity index (χ0n) is 12.1. The van der Waals surface area contributed by atoms with Gasteiger partial charge in [-0.3, -0.25) is 19.6 Å². The molecular formula is C16H14N2O4. The second kappa shape index (κ2) is 7.12. The lowest BCUT2D eigenvalue weighted by atomic mass is 10.2. The van der Waals surface area contributed by atoms with E-state index in [4.69, 9.17) is 9.47 Å². The minimum Gasteiger partial charge on any atom is -0.420 e. The first-order chi connectivity index (χ1) is 10.6. The van der Waals surface area contributed by atoms with E-state index >= 15 is 0 Å². The summed E-state index contributed by atoms with van der Waals surface area (Å²) < 4.78 is 10.4. The fourth-order valence-electron chi connectivity index (χ4n) is 1.71. The van der Waals surface area contributed by atoms with Gasteiger partial charge in [0.05, 0.1) is 0 Å². The van der Waals surface area contributed by atoms with Crippen LogP contribution in [-0.2, 0) is 19.1 Å². The van der Waals surface area contributed by atoms with Gasteiger partial charge < -0.3 is 9.47 Å². The number of carbonyl (C=O) groups is 2. The fourth-order valence-corrected chi connectivity index (χ4v) is 1.71. The zero-order chi connectivity index (χ0) is 15.9. The van der Waals surface area contributed by atoms with Gasteiger partial charge in [0.15, 0.2) is 0 Å². The van der Waals surface area contributed by atoms with Crippen LogP contribution in [-0.4, -0.2) is 21.9 Å². The molecule has 0 aliphatic carbocycles. The van der Waals surface area contributed by atoms with E-state index in [1.54, 1.807) is 48.8 Å². The van der Waals surface area contributed by atoms with Crippen LogP contribution in [0.3, 0.4) is 0 Å². The van der Waals surface area contributed by atoms with Crippen molar-refractivity contribution >= 4 is 23.5 Å². The summed E-state index contributed by atoms with van der Waals surface area (Å²) in [6, 6.07) is 10.2. The number of nitrogens with zero attached hydrogens (tertiary/aromatic N) is 2. The quantitative estimate of drug-likeness (QED) is 0.637. The van der Waals surface area contributed by atoms with E-state index in [2.05, 4.69) is 9.97 Å². The number of aromatic nitrogens is 2. The standard InChI is InChI=1S/C16H14N2O4/c1-11(19)21-15(13-7-3-5-9-17-13)16(22-12(2)20)14-8-4-6-10-18-14/h3-10H,1-2H3. The number of pyridine rings is 2. The molecule has 6 nitrogen and oxygen atoms in total. The fraction of sp³-hybridized carbons (Fsp3) is 0.125. The van der Waals surface area contributed by atoms with Gasteiger partial charge in [0.25, 0.3) is 0 Å². The lowest BCUT2D eigenvalue weighted by molar-refractivity contribution is -0.136. The molecule has 0 aliphatic heterocycles. The second-order valence-corrected chi connectivity index (χ2v) is 4.28. The third-order valence-corrected chi connectivity index (χ3v) is 2.49. The van der Waals surface area contributed by atoms with Gasteiger partial charge in [0, 0.05) is 26.2 Å². The highest BCUT2D eigenvalue weighted by molar-refractivity contribution is 5.90. The molecule has 0 unspecified atom stereocenters. The van der Waals surface area contributed by atoms with E-state index < -0.39 is 11.9 Å². The third-order valence-electron chi connectivity index (χ3n) is 2.49. The molecule has 6 heteroatoms. The molecule has 0 saturated heterocycles. The van der Waals surface area contributed by atoms with Crippen molar-refractivity contribution in [3.05, 3.63) is 60.2 Å². The van der Waals surface area contributed by atoms with Crippen LogP contribution in [0.25, 0.3) is 11.5 Å². The van der Waals surface area contributed by atoms with Crippen LogP contribution in [0.1, 0.15) is 25.2 Å². The largest absolute Gasteiger partial charge is 0.420 e. The van der Waals surface area contributed by atoms with Crippen molar-refractivity contribution < 1.29 is 19.1 Å². The summed E-state index contributed by atoms with van der Waals surface area (Å²) in [5, 5.41) is 0. The van der Waals surface area contributed by atoms with Crippen LogP contribution in [0.4, 0.5) is 0 Å². The molecule has 0 saturated carbocycles. The van der Waals surface area contributed by atoms with Crippen molar-refractivity contribution in [2.45, 2.75) is 13.8 Å². The molecule has 0 radical (unpaired) electrons. The first kappa shape index (κ1) is 15.4. The van der Waals surface area contributed by atoms with E-state index in [0.717, 1.165) is 0 Å². The predicted molar refractivity (Wildman–Crippen MR) is 78.8 cm³/mol. The molecule has 2 rings (SSSR count). The Labute approximate surface area is 127 Å². The lowest BCUT2D eigenvalue weighted by Crippen LogP contribution is -2.08. The molecular weight excluding hydrogens is 284 g/mol. The van der Waals surface area contributed by atoms with Gasteiger partial charge in [-0.15, -0.1) is 0 Å². The summed E-state index contributed by atoms with van der Waals surface area (Å²) in [6.07, 6.45) is 3.09. The maximum absolute atomic E-state index is 11.4. The van der Waals surface area contributed by atoms with Gasteiger partial charge >= 0.3 is 11.9 Å². The summed E-state index contributed by atoms with van der Waals surface area (Å²) in [5.74, 6) is -1.02. The van der Waals surface area contributed by atoms with Crippen molar-refractivity contribution in [1.29, 1.82) is 0 Å². The summed E-state index contributed by atoms with van der Waals surface area (Å²) in [4.78, 5) is 31.1. The van der Waals surface area contributed by atoms with Crippen molar-refractivity contribution in [2.24, 2.45) is 0 Å². The predicted octanol–water partition coefficient (Wildman–Crippen LogP) is 2.43. The van der Waals surface area contributed by atoms with Crippen LogP contribution in [0.5, 0.6) is 0 Å². The lowest BCUT2D eigenvalue weighted by Gasteiger charge is -2.13. The molecule has 0 fully saturated rings. The summed E-state index contributed by atoms with van der Waals surface area (Å²) >= 11 is 0. The Morgan fingerprint density at radius 2 is 1.18 bits per heavy atom. The molecule has 2 heterocycles. The smallest absolute Gasteiger partial charge is 0.308 e. The maximum atomic E-state index is 11.4. The van der Waals surface area contributed by atoms with Gasteiger partial charge in [0.2, 0.25) is 11.5 Å². The number of hydrogen-bond acceptors (Lipinski definition) is 6. The molecule has 0 N–H and O–H groups in total. The van der Waals surface area contributed by atoms with E-state index in [0.29, 0.717) is 11.4 Å². The topological polar surface area (TPSA) is 78.4 Å². The Balaban J connectivity index is 2.64. The number of hydrogen-bond donors (Lipinski definition) is 0. The highest BCUT2D eigenvalue weighted by atomic mass is 16.6. The van der Waals surface area contributed by atoms with Crippen LogP contribution in [0.2, 0.25) is 0 Å². The number of esters is 2. The monoisotopic (exact) mass is 298 g/mol. The summed E-state index contributed by atoms with van der Waals surface area (Å²) in [7, 11) is 0.